The Morgan fingerprint density at radius 3 is 1.84 bits per heavy atom. The highest BCUT2D eigenvalue weighted by Crippen LogP contribution is 2.60. The Morgan fingerprint density at radius 2 is 1.53 bits per heavy atom. The fourth-order valence-electron chi connectivity index (χ4n) is 1.82. The van der Waals surface area contributed by atoms with Crippen LogP contribution < -0.4 is 0 Å². The van der Waals surface area contributed by atoms with Crippen molar-refractivity contribution in [2.75, 3.05) is 6.16 Å². The van der Waals surface area contributed by atoms with Gasteiger partial charge in [0.2, 0.25) is 0 Å². The molecule has 2 nitrogen and oxygen atoms in total. The third kappa shape index (κ3) is 3.81. The Kier molecular flexibility index (Phi) is 4.29. The third-order valence-corrected chi connectivity index (χ3v) is 6.43. The van der Waals surface area contributed by atoms with Crippen molar-refractivity contribution in [3.63, 3.8) is 0 Å². The monoisotopic (exact) mass is 282 g/mol. The highest BCUT2D eigenvalue weighted by Gasteiger charge is 2.41. The lowest BCUT2D eigenvalue weighted by molar-refractivity contribution is 0.390. The van der Waals surface area contributed by atoms with Crippen LogP contribution in [0, 0.1) is 10.8 Å². The maximum Gasteiger partial charge on any atom is 0.0502 e. The Morgan fingerprint density at radius 1 is 1.05 bits per heavy atom. The first-order valence-electron chi connectivity index (χ1n) is 7.09. The van der Waals surface area contributed by atoms with Gasteiger partial charge in [0.15, 0.2) is 0 Å². The first kappa shape index (κ1) is 16.7. The Balaban J connectivity index is 3.15. The highest BCUT2D eigenvalue weighted by atomic mass is 31.1. The lowest BCUT2D eigenvalue weighted by Gasteiger charge is -2.38. The summed E-state index contributed by atoms with van der Waals surface area (Å²) in [4.78, 5) is 0. The highest BCUT2D eigenvalue weighted by molar-refractivity contribution is 7.58. The molecule has 1 aliphatic heterocycles. The molecule has 0 fully saturated rings. The Labute approximate surface area is 121 Å². The van der Waals surface area contributed by atoms with E-state index in [1.165, 1.54) is 5.71 Å². The average Bonchev–Trinajstić information content (AvgIpc) is 2.57. The first-order valence-corrected chi connectivity index (χ1v) is 8.57. The Bertz CT molecular complexity index is 388. The minimum atomic E-state index is -0.327. The molecule has 0 radical (unpaired) electrons. The van der Waals surface area contributed by atoms with E-state index in [4.69, 9.17) is 5.10 Å². The number of hydrazone groups is 1. The summed E-state index contributed by atoms with van der Waals surface area (Å²) in [5.74, 6) is 0. The van der Waals surface area contributed by atoms with Gasteiger partial charge in [-0.25, -0.2) is 4.78 Å². The van der Waals surface area contributed by atoms with E-state index in [0.29, 0.717) is 0 Å². The number of nitrogens with zero attached hydrogens (tertiary/aromatic N) is 2. The van der Waals surface area contributed by atoms with Crippen LogP contribution in [0.2, 0.25) is 0 Å². The molecule has 0 spiro atoms. The Hall–Kier alpha value is -0.360. The largest absolute Gasteiger partial charge is 0.249 e. The summed E-state index contributed by atoms with van der Waals surface area (Å²) in [6.45, 7) is 24.7. The van der Waals surface area contributed by atoms with Gasteiger partial charge in [0.05, 0.1) is 5.71 Å². The summed E-state index contributed by atoms with van der Waals surface area (Å²) < 4.78 is 2.26. The lowest BCUT2D eigenvalue weighted by Crippen LogP contribution is -2.26. The SMILES string of the molecule is C=C(N1N=C(C(C)(C)C)CP1C(C)(C)C)C(C)(C)C. The van der Waals surface area contributed by atoms with E-state index >= 15 is 0 Å². The van der Waals surface area contributed by atoms with Crippen molar-refractivity contribution in [3.8, 4) is 0 Å². The third-order valence-electron chi connectivity index (χ3n) is 3.49. The number of rotatable bonds is 1. The van der Waals surface area contributed by atoms with Crippen molar-refractivity contribution in [3.05, 3.63) is 12.3 Å². The number of hydrogen-bond donors (Lipinski definition) is 0. The zero-order valence-corrected chi connectivity index (χ0v) is 15.2. The minimum absolute atomic E-state index is 0.0721. The molecule has 0 aliphatic carbocycles. The van der Waals surface area contributed by atoms with Crippen LogP contribution in [-0.4, -0.2) is 21.8 Å². The maximum atomic E-state index is 4.95. The summed E-state index contributed by atoms with van der Waals surface area (Å²) in [6.07, 6.45) is 1.11. The van der Waals surface area contributed by atoms with Crippen LogP contribution in [0.5, 0.6) is 0 Å². The summed E-state index contributed by atoms with van der Waals surface area (Å²) in [7, 11) is -0.327. The summed E-state index contributed by atoms with van der Waals surface area (Å²) in [5, 5.41) is 5.22. The minimum Gasteiger partial charge on any atom is -0.249 e. The average molecular weight is 282 g/mol. The van der Waals surface area contributed by atoms with Gasteiger partial charge in [-0.3, -0.25) is 0 Å². The number of allylic oxidation sites excluding steroid dienone is 1. The van der Waals surface area contributed by atoms with Crippen LogP contribution in [0.15, 0.2) is 17.4 Å². The molecule has 110 valence electrons. The molecule has 0 aromatic carbocycles. The molecule has 0 aromatic heterocycles. The van der Waals surface area contributed by atoms with Gasteiger partial charge in [0.1, 0.15) is 0 Å². The second-order valence-electron chi connectivity index (χ2n) is 8.51. The van der Waals surface area contributed by atoms with Gasteiger partial charge in [-0.05, 0) is 0 Å². The zero-order valence-electron chi connectivity index (χ0n) is 14.3. The smallest absolute Gasteiger partial charge is 0.0502 e. The van der Waals surface area contributed by atoms with Gasteiger partial charge in [-0.1, -0.05) is 68.9 Å². The normalized spacial score (nSPS) is 21.6. The van der Waals surface area contributed by atoms with Gasteiger partial charge in [-0.15, -0.1) is 0 Å². The van der Waals surface area contributed by atoms with E-state index in [2.05, 4.69) is 73.7 Å². The predicted octanol–water partition coefficient (Wildman–Crippen LogP) is 5.46. The van der Waals surface area contributed by atoms with Crippen molar-refractivity contribution in [2.24, 2.45) is 15.9 Å². The zero-order chi connectivity index (χ0) is 15.2. The van der Waals surface area contributed by atoms with E-state index in [9.17, 15) is 0 Å². The lowest BCUT2D eigenvalue weighted by atomic mass is 9.91. The molecule has 1 heterocycles. The first-order chi connectivity index (χ1) is 8.24. The van der Waals surface area contributed by atoms with Gasteiger partial charge in [-0.2, -0.15) is 5.10 Å². The second kappa shape index (κ2) is 4.88. The quantitative estimate of drug-likeness (QED) is 0.583. The molecule has 0 amide bonds. The second-order valence-corrected chi connectivity index (χ2v) is 11.3. The maximum absolute atomic E-state index is 4.95. The van der Waals surface area contributed by atoms with Gasteiger partial charge in [0, 0.05) is 35.9 Å². The molecule has 0 aromatic rings. The predicted molar refractivity (Wildman–Crippen MR) is 88.9 cm³/mol. The molecule has 0 N–H and O–H groups in total. The van der Waals surface area contributed by atoms with E-state index in [0.717, 1.165) is 11.9 Å². The van der Waals surface area contributed by atoms with E-state index in [-0.39, 0.29) is 24.1 Å². The molecular formula is C16H31N2P. The van der Waals surface area contributed by atoms with Crippen molar-refractivity contribution in [1.29, 1.82) is 0 Å². The molecular weight excluding hydrogens is 251 g/mol. The summed E-state index contributed by atoms with van der Waals surface area (Å²) >= 11 is 0. The molecule has 19 heavy (non-hydrogen) atoms. The van der Waals surface area contributed by atoms with Gasteiger partial charge < -0.3 is 0 Å². The molecule has 1 aliphatic rings. The van der Waals surface area contributed by atoms with E-state index in [1.54, 1.807) is 0 Å². The van der Waals surface area contributed by atoms with Gasteiger partial charge in [0.25, 0.3) is 0 Å². The summed E-state index contributed by atoms with van der Waals surface area (Å²) in [5.41, 5.74) is 2.69. The summed E-state index contributed by atoms with van der Waals surface area (Å²) in [6, 6.07) is 0. The van der Waals surface area contributed by atoms with Crippen molar-refractivity contribution < 1.29 is 0 Å². The van der Waals surface area contributed by atoms with Crippen LogP contribution in [0.3, 0.4) is 0 Å². The molecule has 1 atom stereocenters. The molecule has 0 saturated carbocycles. The van der Waals surface area contributed by atoms with Crippen LogP contribution in [0.25, 0.3) is 0 Å². The fraction of sp³-hybridized carbons (Fsp3) is 0.812. The fourth-order valence-corrected chi connectivity index (χ4v) is 4.63. The van der Waals surface area contributed by atoms with Crippen molar-refractivity contribution in [1.82, 2.24) is 4.78 Å². The van der Waals surface area contributed by atoms with Crippen molar-refractivity contribution in [2.45, 2.75) is 67.5 Å². The molecule has 0 bridgehead atoms. The number of hydrogen-bond acceptors (Lipinski definition) is 2. The standard InChI is InChI=1S/C16H31N2P/c1-12(14(2,3)4)18-17-13(15(5,6)7)11-19(18)16(8,9)10/h1,11H2,2-10H3. The van der Waals surface area contributed by atoms with Crippen molar-refractivity contribution >= 4 is 13.8 Å². The van der Waals surface area contributed by atoms with Gasteiger partial charge >= 0.3 is 0 Å². The van der Waals surface area contributed by atoms with Crippen LogP contribution >= 0.6 is 8.07 Å². The molecule has 0 saturated heterocycles. The van der Waals surface area contributed by atoms with Crippen LogP contribution in [0.1, 0.15) is 62.3 Å². The van der Waals surface area contributed by atoms with E-state index < -0.39 is 0 Å². The molecule has 3 heteroatoms. The van der Waals surface area contributed by atoms with Crippen LogP contribution in [0.4, 0.5) is 0 Å². The topological polar surface area (TPSA) is 15.6 Å². The molecule has 1 unspecified atom stereocenters. The van der Waals surface area contributed by atoms with E-state index in [1.807, 2.05) is 0 Å². The van der Waals surface area contributed by atoms with Crippen LogP contribution in [-0.2, 0) is 0 Å². The molecule has 1 rings (SSSR count).